The number of aliphatic hydroxyl groups is 1. The summed E-state index contributed by atoms with van der Waals surface area (Å²) >= 11 is 0. The average molecular weight is 283 g/mol. The molecule has 1 aromatic carbocycles. The maximum atomic E-state index is 12.0. The van der Waals surface area contributed by atoms with Crippen LogP contribution < -0.4 is 5.32 Å². The van der Waals surface area contributed by atoms with E-state index in [-0.39, 0.29) is 11.9 Å². The molecule has 2 unspecified atom stereocenters. The van der Waals surface area contributed by atoms with Crippen molar-refractivity contribution in [2.75, 3.05) is 0 Å². The van der Waals surface area contributed by atoms with Crippen LogP contribution in [0.15, 0.2) is 42.6 Å². The van der Waals surface area contributed by atoms with Gasteiger partial charge in [0.1, 0.15) is 11.8 Å². The Morgan fingerprint density at radius 3 is 2.76 bits per heavy atom. The fraction of sp³-hybridized carbons (Fsp3) is 0.250. The number of hydrogen-bond donors (Lipinski definition) is 3. The van der Waals surface area contributed by atoms with Gasteiger partial charge < -0.3 is 15.4 Å². The summed E-state index contributed by atoms with van der Waals surface area (Å²) in [5, 5.41) is 21.6. The summed E-state index contributed by atoms with van der Waals surface area (Å²) in [6.45, 7) is 1.84. The van der Waals surface area contributed by atoms with Gasteiger partial charge in [-0.25, -0.2) is 0 Å². The lowest BCUT2D eigenvalue weighted by atomic mass is 10.0. The molecule has 0 saturated heterocycles. The van der Waals surface area contributed by atoms with Crippen molar-refractivity contribution in [3.63, 3.8) is 0 Å². The molecule has 3 N–H and O–H groups in total. The first-order chi connectivity index (χ1) is 10.1. The molecule has 108 valence electrons. The second kappa shape index (κ2) is 6.73. The normalized spacial score (nSPS) is 13.2. The third-order valence-electron chi connectivity index (χ3n) is 3.20. The molecule has 2 atom stereocenters. The van der Waals surface area contributed by atoms with Gasteiger partial charge in [-0.05, 0) is 25.0 Å². The highest BCUT2D eigenvalue weighted by Crippen LogP contribution is 2.17. The molecule has 5 heteroatoms. The lowest BCUT2D eigenvalue weighted by molar-refractivity contribution is 0.0917. The summed E-state index contributed by atoms with van der Waals surface area (Å²) < 4.78 is 0. The zero-order valence-corrected chi connectivity index (χ0v) is 11.7. The van der Waals surface area contributed by atoms with Crippen LogP contribution in [0.1, 0.15) is 41.1 Å². The van der Waals surface area contributed by atoms with Gasteiger partial charge in [0.05, 0.1) is 11.7 Å². The van der Waals surface area contributed by atoms with Crippen molar-refractivity contribution in [3.8, 4) is 6.07 Å². The third kappa shape index (κ3) is 3.94. The SMILES string of the molecule is CC(CC(O)c1ccccc1)NC(=O)c1c[nH]c(C#N)c1. The van der Waals surface area contributed by atoms with Gasteiger partial charge in [-0.1, -0.05) is 30.3 Å². The first-order valence-electron chi connectivity index (χ1n) is 6.72. The molecule has 0 aliphatic heterocycles. The molecule has 0 aliphatic carbocycles. The minimum atomic E-state index is -0.623. The van der Waals surface area contributed by atoms with Crippen molar-refractivity contribution in [3.05, 3.63) is 59.4 Å². The Morgan fingerprint density at radius 1 is 1.43 bits per heavy atom. The van der Waals surface area contributed by atoms with E-state index in [1.54, 1.807) is 0 Å². The molecule has 1 heterocycles. The maximum absolute atomic E-state index is 12.0. The molecule has 21 heavy (non-hydrogen) atoms. The predicted molar refractivity (Wildman–Crippen MR) is 78.5 cm³/mol. The van der Waals surface area contributed by atoms with Crippen molar-refractivity contribution >= 4 is 5.91 Å². The van der Waals surface area contributed by atoms with Crippen molar-refractivity contribution in [1.29, 1.82) is 5.26 Å². The van der Waals surface area contributed by atoms with E-state index in [2.05, 4.69) is 10.3 Å². The van der Waals surface area contributed by atoms with Crippen LogP contribution in [0.5, 0.6) is 0 Å². The van der Waals surface area contributed by atoms with Gasteiger partial charge in [-0.3, -0.25) is 4.79 Å². The van der Waals surface area contributed by atoms with Gasteiger partial charge in [-0.15, -0.1) is 0 Å². The van der Waals surface area contributed by atoms with E-state index >= 15 is 0 Å². The fourth-order valence-corrected chi connectivity index (χ4v) is 2.10. The van der Waals surface area contributed by atoms with E-state index in [4.69, 9.17) is 5.26 Å². The summed E-state index contributed by atoms with van der Waals surface area (Å²) in [6.07, 6.45) is 1.29. The van der Waals surface area contributed by atoms with Crippen LogP contribution in [0.2, 0.25) is 0 Å². The van der Waals surface area contributed by atoms with Crippen LogP contribution in [0, 0.1) is 11.3 Å². The molecule has 1 aromatic heterocycles. The van der Waals surface area contributed by atoms with Crippen LogP contribution >= 0.6 is 0 Å². The molecular formula is C16H17N3O2. The third-order valence-corrected chi connectivity index (χ3v) is 3.20. The number of aromatic amines is 1. The summed E-state index contributed by atoms with van der Waals surface area (Å²) in [5.41, 5.74) is 1.58. The highest BCUT2D eigenvalue weighted by Gasteiger charge is 2.16. The Balaban J connectivity index is 1.91. The number of carbonyl (C=O) groups excluding carboxylic acids is 1. The lowest BCUT2D eigenvalue weighted by Crippen LogP contribution is -2.33. The number of carbonyl (C=O) groups is 1. The minimum Gasteiger partial charge on any atom is -0.388 e. The quantitative estimate of drug-likeness (QED) is 0.785. The number of nitrogens with one attached hydrogen (secondary N) is 2. The topological polar surface area (TPSA) is 88.9 Å². The summed E-state index contributed by atoms with van der Waals surface area (Å²) in [6, 6.07) is 12.6. The van der Waals surface area contributed by atoms with Crippen molar-refractivity contribution in [2.24, 2.45) is 0 Å². The standard InChI is InChI=1S/C16H17N3O2/c1-11(7-15(20)12-5-3-2-4-6-12)19-16(21)13-8-14(9-17)18-10-13/h2-6,8,10-11,15,18,20H,7H2,1H3,(H,19,21). The number of rotatable bonds is 5. The second-order valence-corrected chi connectivity index (χ2v) is 4.95. The first kappa shape index (κ1) is 14.8. The fourth-order valence-electron chi connectivity index (χ4n) is 2.10. The van der Waals surface area contributed by atoms with E-state index < -0.39 is 6.10 Å². The number of aliphatic hydroxyl groups excluding tert-OH is 1. The van der Waals surface area contributed by atoms with Crippen LogP contribution in [0.4, 0.5) is 0 Å². The zero-order valence-electron chi connectivity index (χ0n) is 11.7. The number of nitriles is 1. The Kier molecular flexibility index (Phi) is 4.75. The van der Waals surface area contributed by atoms with Crippen molar-refractivity contribution in [1.82, 2.24) is 10.3 Å². The van der Waals surface area contributed by atoms with Crippen LogP contribution in [-0.2, 0) is 0 Å². The van der Waals surface area contributed by atoms with Gasteiger partial charge in [0.25, 0.3) is 5.91 Å². The van der Waals surface area contributed by atoms with Gasteiger partial charge in [-0.2, -0.15) is 5.26 Å². The Hall–Kier alpha value is -2.58. The van der Waals surface area contributed by atoms with E-state index in [9.17, 15) is 9.90 Å². The summed E-state index contributed by atoms with van der Waals surface area (Å²) in [5.74, 6) is -0.263. The molecule has 0 radical (unpaired) electrons. The molecule has 0 spiro atoms. The Morgan fingerprint density at radius 2 is 2.14 bits per heavy atom. The Labute approximate surface area is 123 Å². The van der Waals surface area contributed by atoms with Crippen LogP contribution in [-0.4, -0.2) is 22.0 Å². The highest BCUT2D eigenvalue weighted by atomic mass is 16.3. The monoisotopic (exact) mass is 283 g/mol. The van der Waals surface area contributed by atoms with E-state index in [1.165, 1.54) is 12.3 Å². The smallest absolute Gasteiger partial charge is 0.253 e. The van der Waals surface area contributed by atoms with Crippen LogP contribution in [0.25, 0.3) is 0 Å². The molecule has 0 bridgehead atoms. The molecule has 2 rings (SSSR count). The number of aromatic nitrogens is 1. The maximum Gasteiger partial charge on any atom is 0.253 e. The van der Waals surface area contributed by atoms with E-state index in [1.807, 2.05) is 43.3 Å². The van der Waals surface area contributed by atoms with Crippen LogP contribution in [0.3, 0.4) is 0 Å². The number of benzene rings is 1. The minimum absolute atomic E-state index is 0.187. The molecule has 0 saturated carbocycles. The summed E-state index contributed by atoms with van der Waals surface area (Å²) in [4.78, 5) is 14.7. The molecular weight excluding hydrogens is 266 g/mol. The number of hydrogen-bond acceptors (Lipinski definition) is 3. The molecule has 0 fully saturated rings. The van der Waals surface area contributed by atoms with E-state index in [0.717, 1.165) is 5.56 Å². The van der Waals surface area contributed by atoms with Gasteiger partial charge in [0.2, 0.25) is 0 Å². The Bertz CT molecular complexity index is 643. The molecule has 2 aromatic rings. The largest absolute Gasteiger partial charge is 0.388 e. The van der Waals surface area contributed by atoms with Crippen molar-refractivity contribution in [2.45, 2.75) is 25.5 Å². The molecule has 0 aliphatic rings. The zero-order chi connectivity index (χ0) is 15.2. The predicted octanol–water partition coefficient (Wildman–Crippen LogP) is 2.13. The molecule has 5 nitrogen and oxygen atoms in total. The lowest BCUT2D eigenvalue weighted by Gasteiger charge is -2.18. The van der Waals surface area contributed by atoms with Gasteiger partial charge in [0.15, 0.2) is 0 Å². The number of nitrogens with zero attached hydrogens (tertiary/aromatic N) is 1. The highest BCUT2D eigenvalue weighted by molar-refractivity contribution is 5.94. The average Bonchev–Trinajstić information content (AvgIpc) is 2.97. The van der Waals surface area contributed by atoms with E-state index in [0.29, 0.717) is 17.7 Å². The number of H-pyrrole nitrogens is 1. The first-order valence-corrected chi connectivity index (χ1v) is 6.72. The summed E-state index contributed by atoms with van der Waals surface area (Å²) in [7, 11) is 0. The molecule has 1 amide bonds. The van der Waals surface area contributed by atoms with Crippen molar-refractivity contribution < 1.29 is 9.90 Å². The second-order valence-electron chi connectivity index (χ2n) is 4.95. The van der Waals surface area contributed by atoms with Gasteiger partial charge in [0, 0.05) is 12.2 Å². The number of amides is 1. The van der Waals surface area contributed by atoms with Gasteiger partial charge >= 0.3 is 0 Å².